The number of benzene rings is 4. The largest absolute Gasteiger partial charge is 0.497 e. The fourth-order valence-electron chi connectivity index (χ4n) is 4.15. The number of amides is 1. The van der Waals surface area contributed by atoms with Crippen molar-refractivity contribution in [3.63, 3.8) is 0 Å². The second-order valence-corrected chi connectivity index (χ2v) is 9.68. The molecule has 0 spiro atoms. The lowest BCUT2D eigenvalue weighted by Crippen LogP contribution is -2.18. The first-order valence-electron chi connectivity index (χ1n) is 12.2. The molecule has 4 aromatic carbocycles. The van der Waals surface area contributed by atoms with E-state index in [9.17, 15) is 4.79 Å². The first kappa shape index (κ1) is 25.3. The van der Waals surface area contributed by atoms with Gasteiger partial charge in [0.2, 0.25) is 0 Å². The van der Waals surface area contributed by atoms with Gasteiger partial charge in [0.1, 0.15) is 11.5 Å². The van der Waals surface area contributed by atoms with Gasteiger partial charge >= 0.3 is 0 Å². The summed E-state index contributed by atoms with van der Waals surface area (Å²) < 4.78 is 12.6. The van der Waals surface area contributed by atoms with Gasteiger partial charge in [0.15, 0.2) is 5.13 Å². The van der Waals surface area contributed by atoms with Gasteiger partial charge < -0.3 is 14.8 Å². The molecule has 0 atom stereocenters. The Bertz CT molecular complexity index is 1590. The number of hydrogen-bond donors (Lipinski definition) is 3. The minimum Gasteiger partial charge on any atom is -0.497 e. The minimum atomic E-state index is -0.543. The Hall–Kier alpha value is -4.40. The molecule has 1 amide bonds. The van der Waals surface area contributed by atoms with Crippen LogP contribution in [-0.2, 0) is 0 Å². The molecule has 38 heavy (non-hydrogen) atoms. The number of ether oxygens (including phenoxy) is 2. The molecule has 0 aliphatic carbocycles. The van der Waals surface area contributed by atoms with E-state index in [-0.39, 0.29) is 0 Å². The number of rotatable bonds is 10. The van der Waals surface area contributed by atoms with E-state index in [4.69, 9.17) is 19.7 Å². The molecule has 0 saturated carbocycles. The lowest BCUT2D eigenvalue weighted by molar-refractivity contribution is 0.0706. The zero-order chi connectivity index (χ0) is 26.3. The highest BCUT2D eigenvalue weighted by Gasteiger charge is 2.08. The zero-order valence-corrected chi connectivity index (χ0v) is 21.6. The second kappa shape index (κ2) is 11.8. The minimum absolute atomic E-state index is 0.383. The van der Waals surface area contributed by atoms with Crippen molar-refractivity contribution in [2.24, 2.45) is 0 Å². The molecule has 0 bridgehead atoms. The van der Waals surface area contributed by atoms with Gasteiger partial charge in [-0.2, -0.15) is 0 Å². The van der Waals surface area contributed by atoms with Gasteiger partial charge in [0.25, 0.3) is 5.91 Å². The molecule has 0 aliphatic rings. The van der Waals surface area contributed by atoms with Crippen LogP contribution in [0.4, 0.5) is 5.13 Å². The lowest BCUT2D eigenvalue weighted by Gasteiger charge is -2.12. The number of aromatic nitrogens is 1. The van der Waals surface area contributed by atoms with Crippen LogP contribution in [-0.4, -0.2) is 36.4 Å². The molecule has 192 valence electrons. The third-order valence-electron chi connectivity index (χ3n) is 6.14. The van der Waals surface area contributed by atoms with E-state index < -0.39 is 5.91 Å². The van der Waals surface area contributed by atoms with E-state index in [1.165, 1.54) is 0 Å². The number of carbonyl (C=O) groups is 1. The van der Waals surface area contributed by atoms with Gasteiger partial charge in [-0.3, -0.25) is 10.0 Å². The molecule has 7 nitrogen and oxygen atoms in total. The van der Waals surface area contributed by atoms with Crippen molar-refractivity contribution in [3.8, 4) is 11.5 Å². The summed E-state index contributed by atoms with van der Waals surface area (Å²) in [5.41, 5.74) is 5.01. The van der Waals surface area contributed by atoms with Crippen LogP contribution in [0.3, 0.4) is 0 Å². The highest BCUT2D eigenvalue weighted by molar-refractivity contribution is 7.22. The Morgan fingerprint density at radius 3 is 2.66 bits per heavy atom. The van der Waals surface area contributed by atoms with Crippen LogP contribution in [0.5, 0.6) is 11.5 Å². The van der Waals surface area contributed by atoms with E-state index in [1.54, 1.807) is 36.1 Å². The van der Waals surface area contributed by atoms with Crippen LogP contribution >= 0.6 is 11.3 Å². The number of hydroxylamine groups is 1. The summed E-state index contributed by atoms with van der Waals surface area (Å²) in [7, 11) is 1.65. The Balaban J connectivity index is 1.33. The summed E-state index contributed by atoms with van der Waals surface area (Å²) in [5, 5.41) is 15.4. The van der Waals surface area contributed by atoms with Crippen LogP contribution in [0, 0.1) is 0 Å². The molecule has 0 unspecified atom stereocenters. The molecular formula is C30H27N3O4S. The monoisotopic (exact) mass is 525 g/mol. The van der Waals surface area contributed by atoms with Crippen molar-refractivity contribution < 1.29 is 19.5 Å². The number of thiazole rings is 1. The van der Waals surface area contributed by atoms with Crippen LogP contribution < -0.4 is 20.3 Å². The average molecular weight is 526 g/mol. The molecule has 0 aliphatic heterocycles. The molecule has 5 rings (SSSR count). The highest BCUT2D eigenvalue weighted by Crippen LogP contribution is 2.30. The third-order valence-corrected chi connectivity index (χ3v) is 7.11. The quantitative estimate of drug-likeness (QED) is 0.142. The zero-order valence-electron chi connectivity index (χ0n) is 20.8. The number of anilines is 1. The SMILES string of the molecule is COc1ccc2nc(NCC(=Cc3ccc(C(=O)NO)cc3)CCOc3cccc4ccccc34)sc2c1. The molecule has 0 radical (unpaired) electrons. The molecule has 1 heterocycles. The Labute approximate surface area is 224 Å². The number of nitrogens with zero attached hydrogens (tertiary/aromatic N) is 1. The Morgan fingerprint density at radius 2 is 1.84 bits per heavy atom. The van der Waals surface area contributed by atoms with Gasteiger partial charge in [0, 0.05) is 23.9 Å². The fourth-order valence-corrected chi connectivity index (χ4v) is 5.04. The van der Waals surface area contributed by atoms with Crippen molar-refractivity contribution in [1.29, 1.82) is 0 Å². The molecule has 0 fully saturated rings. The number of hydrogen-bond acceptors (Lipinski definition) is 7. The van der Waals surface area contributed by atoms with E-state index in [0.717, 1.165) is 48.8 Å². The molecule has 8 heteroatoms. The number of fused-ring (bicyclic) bond motifs is 2. The van der Waals surface area contributed by atoms with Gasteiger partial charge in [-0.1, -0.05) is 65.9 Å². The molecule has 1 aromatic heterocycles. The van der Waals surface area contributed by atoms with Crippen molar-refractivity contribution in [2.45, 2.75) is 6.42 Å². The van der Waals surface area contributed by atoms with Crippen molar-refractivity contribution in [3.05, 3.63) is 102 Å². The number of methoxy groups -OCH3 is 1. The first-order valence-corrected chi connectivity index (χ1v) is 13.0. The molecule has 0 saturated heterocycles. The van der Waals surface area contributed by atoms with Crippen LogP contribution in [0.1, 0.15) is 22.3 Å². The van der Waals surface area contributed by atoms with E-state index in [2.05, 4.69) is 29.6 Å². The summed E-state index contributed by atoms with van der Waals surface area (Å²) in [6.45, 7) is 1.08. The molecular weight excluding hydrogens is 498 g/mol. The van der Waals surface area contributed by atoms with E-state index in [1.807, 2.05) is 54.6 Å². The van der Waals surface area contributed by atoms with Crippen molar-refractivity contribution in [2.75, 3.05) is 25.6 Å². The van der Waals surface area contributed by atoms with Gasteiger partial charge in [-0.25, -0.2) is 10.5 Å². The molecule has 3 N–H and O–H groups in total. The summed E-state index contributed by atoms with van der Waals surface area (Å²) >= 11 is 1.58. The standard InChI is InChI=1S/C30H27N3O4S/c1-36-24-13-14-26-28(18-24)38-30(32-26)31-19-21(17-20-9-11-23(12-10-20)29(34)33-35)15-16-37-27-8-4-6-22-5-2-3-7-25(22)27/h2-14,17-18,35H,15-16,19H2,1H3,(H,31,32)(H,33,34). The highest BCUT2D eigenvalue weighted by atomic mass is 32.1. The maximum Gasteiger partial charge on any atom is 0.274 e. The van der Waals surface area contributed by atoms with Crippen molar-refractivity contribution in [1.82, 2.24) is 10.5 Å². The average Bonchev–Trinajstić information content (AvgIpc) is 3.38. The summed E-state index contributed by atoms with van der Waals surface area (Å²) in [5.74, 6) is 1.12. The maximum absolute atomic E-state index is 11.7. The van der Waals surface area contributed by atoms with Gasteiger partial charge in [-0.05, 0) is 52.9 Å². The fraction of sp³-hybridized carbons (Fsp3) is 0.133. The summed E-state index contributed by atoms with van der Waals surface area (Å²) in [4.78, 5) is 16.4. The number of carbonyl (C=O) groups excluding carboxylic acids is 1. The number of nitrogens with one attached hydrogen (secondary N) is 2. The van der Waals surface area contributed by atoms with Crippen LogP contribution in [0.15, 0.2) is 90.5 Å². The van der Waals surface area contributed by atoms with Crippen LogP contribution in [0.25, 0.3) is 27.1 Å². The Kier molecular flexibility index (Phi) is 7.82. The van der Waals surface area contributed by atoms with Gasteiger partial charge in [0.05, 0.1) is 23.9 Å². The predicted molar refractivity (Wildman–Crippen MR) is 152 cm³/mol. The third kappa shape index (κ3) is 5.94. The first-order chi connectivity index (χ1) is 18.6. The van der Waals surface area contributed by atoms with E-state index in [0.29, 0.717) is 25.1 Å². The lowest BCUT2D eigenvalue weighted by atomic mass is 10.1. The van der Waals surface area contributed by atoms with Gasteiger partial charge in [-0.15, -0.1) is 0 Å². The smallest absolute Gasteiger partial charge is 0.274 e. The normalized spacial score (nSPS) is 11.5. The second-order valence-electron chi connectivity index (χ2n) is 8.65. The van der Waals surface area contributed by atoms with Crippen LogP contribution in [0.2, 0.25) is 0 Å². The summed E-state index contributed by atoms with van der Waals surface area (Å²) in [6, 6.07) is 27.1. The molecule has 5 aromatic rings. The topological polar surface area (TPSA) is 92.7 Å². The Morgan fingerprint density at radius 1 is 1.03 bits per heavy atom. The van der Waals surface area contributed by atoms with Crippen molar-refractivity contribution >= 4 is 49.4 Å². The van der Waals surface area contributed by atoms with E-state index >= 15 is 0 Å². The summed E-state index contributed by atoms with van der Waals surface area (Å²) in [6.07, 6.45) is 2.77. The maximum atomic E-state index is 11.7. The predicted octanol–water partition coefficient (Wildman–Crippen LogP) is 6.54.